The third-order valence-corrected chi connectivity index (χ3v) is 8.82. The van der Waals surface area contributed by atoms with Crippen molar-refractivity contribution in [3.05, 3.63) is 64.2 Å². The summed E-state index contributed by atoms with van der Waals surface area (Å²) in [7, 11) is 0. The number of alkyl halides is 6. The van der Waals surface area contributed by atoms with Gasteiger partial charge in [0.2, 0.25) is 0 Å². The fourth-order valence-corrected chi connectivity index (χ4v) is 5.92. The van der Waals surface area contributed by atoms with Crippen LogP contribution >= 0.6 is 0 Å². The van der Waals surface area contributed by atoms with E-state index < -0.39 is 41.8 Å². The van der Waals surface area contributed by atoms with Crippen LogP contribution in [0.2, 0.25) is 0 Å². The van der Waals surface area contributed by atoms with Crippen LogP contribution in [0, 0.1) is 13.8 Å². The first-order valence-corrected chi connectivity index (χ1v) is 13.5. The Labute approximate surface area is 229 Å². The van der Waals surface area contributed by atoms with E-state index in [1.165, 1.54) is 0 Å². The fraction of sp³-hybridized carbons (Fsp3) is 0.567. The van der Waals surface area contributed by atoms with Crippen molar-refractivity contribution >= 4 is 5.97 Å². The van der Waals surface area contributed by atoms with Crippen LogP contribution < -0.4 is 4.74 Å². The van der Waals surface area contributed by atoms with Gasteiger partial charge in [-0.05, 0) is 73.4 Å². The van der Waals surface area contributed by atoms with Gasteiger partial charge >= 0.3 is 18.3 Å². The Morgan fingerprint density at radius 2 is 1.52 bits per heavy atom. The van der Waals surface area contributed by atoms with Gasteiger partial charge < -0.3 is 14.6 Å². The lowest BCUT2D eigenvalue weighted by atomic mass is 9.69. The number of benzene rings is 2. The summed E-state index contributed by atoms with van der Waals surface area (Å²) >= 11 is 0. The standard InChI is InChI=1S/C30H34F6O4/c1-5-26(6-2,22-9-10-23(19(4)16-22)39-24-17-27(24)13-12-25(37)40-27)21-8-7-20(18(3)15-21)11-14-28(38,29(31,32)33)30(34,35)36/h7-10,15-16,24,38H,5-6,11-14,17H2,1-4H3/t24-,27?/m1/s1. The molecule has 2 aromatic rings. The number of esters is 1. The average Bonchev–Trinajstić information content (AvgIpc) is 3.39. The molecule has 2 aromatic carbocycles. The summed E-state index contributed by atoms with van der Waals surface area (Å²) in [6.07, 6.45) is -10.8. The highest BCUT2D eigenvalue weighted by molar-refractivity contribution is 5.73. The van der Waals surface area contributed by atoms with Crippen LogP contribution in [0.25, 0.3) is 0 Å². The molecule has 4 rings (SSSR count). The number of aliphatic hydroxyl groups is 1. The van der Waals surface area contributed by atoms with E-state index in [-0.39, 0.29) is 12.1 Å². The van der Waals surface area contributed by atoms with Crippen LogP contribution in [0.3, 0.4) is 0 Å². The first-order valence-electron chi connectivity index (χ1n) is 13.5. The van der Waals surface area contributed by atoms with Crippen molar-refractivity contribution < 1.29 is 45.7 Å². The van der Waals surface area contributed by atoms with Crippen LogP contribution in [0.4, 0.5) is 26.3 Å². The van der Waals surface area contributed by atoms with Gasteiger partial charge in [0, 0.05) is 24.7 Å². The number of aryl methyl sites for hydroxylation is 3. The van der Waals surface area contributed by atoms with Gasteiger partial charge in [-0.2, -0.15) is 26.3 Å². The molecule has 0 amide bonds. The van der Waals surface area contributed by atoms with E-state index in [0.717, 1.165) is 16.7 Å². The molecule has 1 heterocycles. The van der Waals surface area contributed by atoms with Crippen molar-refractivity contribution in [2.75, 3.05) is 0 Å². The van der Waals surface area contributed by atoms with Gasteiger partial charge in [-0.25, -0.2) is 0 Å². The summed E-state index contributed by atoms with van der Waals surface area (Å²) < 4.78 is 90.4. The molecular weight excluding hydrogens is 538 g/mol. The van der Waals surface area contributed by atoms with Crippen LogP contribution in [0.1, 0.15) is 80.2 Å². The van der Waals surface area contributed by atoms with Gasteiger partial charge in [0.1, 0.15) is 11.9 Å². The first-order chi connectivity index (χ1) is 18.5. The quantitative estimate of drug-likeness (QED) is 0.251. The highest BCUT2D eigenvalue weighted by Gasteiger charge is 2.69. The molecule has 1 spiro atoms. The molecule has 2 atom stereocenters. The van der Waals surface area contributed by atoms with Gasteiger partial charge in [-0.1, -0.05) is 44.2 Å². The smallest absolute Gasteiger partial charge is 0.426 e. The molecule has 1 saturated carbocycles. The van der Waals surface area contributed by atoms with Crippen LogP contribution in [0.15, 0.2) is 36.4 Å². The Balaban J connectivity index is 1.56. The van der Waals surface area contributed by atoms with Gasteiger partial charge in [-0.15, -0.1) is 0 Å². The zero-order valence-corrected chi connectivity index (χ0v) is 22.9. The molecule has 1 unspecified atom stereocenters. The van der Waals surface area contributed by atoms with Gasteiger partial charge in [0.05, 0.1) is 0 Å². The monoisotopic (exact) mass is 572 g/mol. The third kappa shape index (κ3) is 5.19. The molecule has 2 fully saturated rings. The lowest BCUT2D eigenvalue weighted by molar-refractivity contribution is -0.369. The van der Waals surface area contributed by atoms with Crippen molar-refractivity contribution in [1.29, 1.82) is 0 Å². The van der Waals surface area contributed by atoms with E-state index in [1.54, 1.807) is 19.1 Å². The maximum Gasteiger partial charge on any atom is 0.426 e. The maximum atomic E-state index is 13.1. The summed E-state index contributed by atoms with van der Waals surface area (Å²) in [6, 6.07) is 11.0. The molecular formula is C30H34F6O4. The Kier molecular flexibility index (Phi) is 7.75. The Morgan fingerprint density at radius 3 is 2.00 bits per heavy atom. The number of halogens is 6. The molecule has 40 heavy (non-hydrogen) atoms. The van der Waals surface area contributed by atoms with E-state index in [4.69, 9.17) is 9.47 Å². The van der Waals surface area contributed by atoms with Crippen LogP contribution in [0.5, 0.6) is 5.75 Å². The second kappa shape index (κ2) is 10.3. The van der Waals surface area contributed by atoms with Crippen molar-refractivity contribution in [3.8, 4) is 5.75 Å². The van der Waals surface area contributed by atoms with E-state index in [2.05, 4.69) is 0 Å². The lowest BCUT2D eigenvalue weighted by Crippen LogP contribution is -2.57. The summed E-state index contributed by atoms with van der Waals surface area (Å²) in [5, 5.41) is 9.54. The van der Waals surface area contributed by atoms with Gasteiger partial charge in [0.15, 0.2) is 5.60 Å². The van der Waals surface area contributed by atoms with E-state index >= 15 is 0 Å². The van der Waals surface area contributed by atoms with Gasteiger partial charge in [-0.3, -0.25) is 4.79 Å². The summed E-state index contributed by atoms with van der Waals surface area (Å²) in [5.41, 5.74) is -2.06. The predicted octanol–water partition coefficient (Wildman–Crippen LogP) is 7.42. The minimum atomic E-state index is -5.84. The lowest BCUT2D eigenvalue weighted by Gasteiger charge is -2.35. The molecule has 0 radical (unpaired) electrons. The molecule has 0 bridgehead atoms. The summed E-state index contributed by atoms with van der Waals surface area (Å²) in [6.45, 7) is 7.64. The Bertz CT molecular complexity index is 1250. The molecule has 1 aliphatic heterocycles. The number of hydrogen-bond donors (Lipinski definition) is 1. The first kappa shape index (κ1) is 30.2. The molecule has 2 aliphatic rings. The SMILES string of the molecule is CCC(CC)(c1ccc(CCC(O)(C(F)(F)F)C(F)(F)F)c(C)c1)c1ccc(O[C@@H]2CC23CCC(=O)O3)c(C)c1. The second-order valence-corrected chi connectivity index (χ2v) is 11.1. The highest BCUT2D eigenvalue weighted by Crippen LogP contribution is 2.51. The number of carbonyl (C=O) groups is 1. The average molecular weight is 573 g/mol. The van der Waals surface area contributed by atoms with Crippen LogP contribution in [-0.2, 0) is 21.4 Å². The normalized spacial score (nSPS) is 21.6. The zero-order valence-electron chi connectivity index (χ0n) is 22.9. The summed E-state index contributed by atoms with van der Waals surface area (Å²) in [5.74, 6) is 0.495. The molecule has 10 heteroatoms. The number of hydrogen-bond acceptors (Lipinski definition) is 4. The van der Waals surface area contributed by atoms with Crippen LogP contribution in [-0.4, -0.2) is 40.7 Å². The zero-order chi connectivity index (χ0) is 29.7. The number of ether oxygens (including phenoxy) is 2. The largest absolute Gasteiger partial charge is 0.486 e. The van der Waals surface area contributed by atoms with Crippen molar-refractivity contribution in [3.63, 3.8) is 0 Å². The van der Waals surface area contributed by atoms with Crippen molar-refractivity contribution in [1.82, 2.24) is 0 Å². The van der Waals surface area contributed by atoms with Gasteiger partial charge in [0.25, 0.3) is 5.60 Å². The minimum absolute atomic E-state index is 0.173. The molecule has 1 N–H and O–H groups in total. The molecule has 1 saturated heterocycles. The molecule has 0 aromatic heterocycles. The molecule has 220 valence electrons. The highest BCUT2D eigenvalue weighted by atomic mass is 19.4. The van der Waals surface area contributed by atoms with Crippen molar-refractivity contribution in [2.24, 2.45) is 0 Å². The van der Waals surface area contributed by atoms with E-state index in [1.807, 2.05) is 45.0 Å². The number of carbonyl (C=O) groups excluding carboxylic acids is 1. The molecule has 1 aliphatic carbocycles. The topological polar surface area (TPSA) is 55.8 Å². The van der Waals surface area contributed by atoms with E-state index in [0.29, 0.717) is 49.0 Å². The van der Waals surface area contributed by atoms with E-state index in [9.17, 15) is 36.2 Å². The number of rotatable bonds is 9. The minimum Gasteiger partial charge on any atom is -0.486 e. The maximum absolute atomic E-state index is 13.1. The Hall–Kier alpha value is -2.75. The fourth-order valence-electron chi connectivity index (χ4n) is 5.92. The molecule has 4 nitrogen and oxygen atoms in total. The third-order valence-electron chi connectivity index (χ3n) is 8.82. The second-order valence-electron chi connectivity index (χ2n) is 11.1. The van der Waals surface area contributed by atoms with Crippen molar-refractivity contribution in [2.45, 2.75) is 108 Å². The Morgan fingerprint density at radius 1 is 0.950 bits per heavy atom. The predicted molar refractivity (Wildman–Crippen MR) is 136 cm³/mol. The summed E-state index contributed by atoms with van der Waals surface area (Å²) in [4.78, 5) is 11.5.